The molecule has 0 saturated heterocycles. The van der Waals surface area contributed by atoms with E-state index in [9.17, 15) is 8.42 Å². The SMILES string of the molecule is O=S(=O)(Nc1nc2n(n1)C(c1ccccc1)C=C(c1ccccc1)N2)c1ccc2ccccc2c1. The van der Waals surface area contributed by atoms with Crippen LogP contribution in [0, 0.1) is 0 Å². The summed E-state index contributed by atoms with van der Waals surface area (Å²) in [6.07, 6.45) is 2.06. The van der Waals surface area contributed by atoms with E-state index in [4.69, 9.17) is 0 Å². The van der Waals surface area contributed by atoms with E-state index in [-0.39, 0.29) is 16.9 Å². The first-order chi connectivity index (χ1) is 17.1. The number of nitrogens with zero attached hydrogens (tertiary/aromatic N) is 3. The number of allylic oxidation sites excluding steroid dienone is 1. The Kier molecular flexibility index (Phi) is 5.08. The topological polar surface area (TPSA) is 88.9 Å². The highest BCUT2D eigenvalue weighted by Crippen LogP contribution is 2.33. The van der Waals surface area contributed by atoms with Crippen molar-refractivity contribution in [1.29, 1.82) is 0 Å². The minimum atomic E-state index is -3.89. The number of hydrogen-bond donors (Lipinski definition) is 2. The van der Waals surface area contributed by atoms with Crippen LogP contribution in [0.1, 0.15) is 17.2 Å². The Morgan fingerprint density at radius 3 is 2.26 bits per heavy atom. The zero-order valence-electron chi connectivity index (χ0n) is 18.5. The van der Waals surface area contributed by atoms with Crippen molar-refractivity contribution in [2.24, 2.45) is 0 Å². The van der Waals surface area contributed by atoms with Crippen molar-refractivity contribution in [2.45, 2.75) is 10.9 Å². The van der Waals surface area contributed by atoms with Gasteiger partial charge in [-0.25, -0.2) is 17.8 Å². The quantitative estimate of drug-likeness (QED) is 0.358. The predicted molar refractivity (Wildman–Crippen MR) is 137 cm³/mol. The molecular formula is C27H21N5O2S. The van der Waals surface area contributed by atoms with Gasteiger partial charge < -0.3 is 5.32 Å². The second-order valence-electron chi connectivity index (χ2n) is 8.24. The summed E-state index contributed by atoms with van der Waals surface area (Å²) >= 11 is 0. The Morgan fingerprint density at radius 2 is 1.49 bits per heavy atom. The van der Waals surface area contributed by atoms with Gasteiger partial charge in [0.2, 0.25) is 5.95 Å². The Morgan fingerprint density at radius 1 is 0.800 bits per heavy atom. The molecule has 4 aromatic carbocycles. The molecule has 6 rings (SSSR count). The normalized spacial score (nSPS) is 15.2. The molecular weight excluding hydrogens is 458 g/mol. The monoisotopic (exact) mass is 479 g/mol. The molecule has 172 valence electrons. The zero-order chi connectivity index (χ0) is 23.8. The second kappa shape index (κ2) is 8.41. The molecule has 7 nitrogen and oxygen atoms in total. The van der Waals surface area contributed by atoms with Gasteiger partial charge in [-0.05, 0) is 40.1 Å². The molecule has 0 radical (unpaired) electrons. The molecule has 1 aromatic heterocycles. The van der Waals surface area contributed by atoms with Crippen LogP contribution in [0.15, 0.2) is 114 Å². The third-order valence-corrected chi connectivity index (χ3v) is 7.27. The van der Waals surface area contributed by atoms with Crippen molar-refractivity contribution in [3.05, 3.63) is 120 Å². The van der Waals surface area contributed by atoms with E-state index in [1.165, 1.54) is 0 Å². The lowest BCUT2D eigenvalue weighted by molar-refractivity contribution is 0.599. The van der Waals surface area contributed by atoms with Crippen LogP contribution in [0.3, 0.4) is 0 Å². The minimum absolute atomic E-state index is 0.00398. The molecule has 2 N–H and O–H groups in total. The van der Waals surface area contributed by atoms with Gasteiger partial charge in [0, 0.05) is 5.70 Å². The number of aromatic nitrogens is 3. The van der Waals surface area contributed by atoms with E-state index in [0.717, 1.165) is 27.6 Å². The van der Waals surface area contributed by atoms with Crippen molar-refractivity contribution in [3.8, 4) is 0 Å². The molecule has 35 heavy (non-hydrogen) atoms. The Bertz CT molecular complexity index is 1660. The summed E-state index contributed by atoms with van der Waals surface area (Å²) in [4.78, 5) is 4.64. The van der Waals surface area contributed by atoms with Gasteiger partial charge in [-0.3, -0.25) is 0 Å². The third kappa shape index (κ3) is 4.04. The Labute approximate surface area is 202 Å². The van der Waals surface area contributed by atoms with Crippen LogP contribution in [0.4, 0.5) is 11.9 Å². The van der Waals surface area contributed by atoms with E-state index in [0.29, 0.717) is 5.95 Å². The molecule has 0 bridgehead atoms. The molecule has 0 aliphatic carbocycles. The van der Waals surface area contributed by atoms with Gasteiger partial charge in [-0.15, -0.1) is 5.10 Å². The van der Waals surface area contributed by atoms with Crippen molar-refractivity contribution >= 4 is 38.4 Å². The number of benzene rings is 4. The highest BCUT2D eigenvalue weighted by Gasteiger charge is 2.27. The fraction of sp³-hybridized carbons (Fsp3) is 0.0370. The number of fused-ring (bicyclic) bond motifs is 2. The van der Waals surface area contributed by atoms with Crippen molar-refractivity contribution in [1.82, 2.24) is 14.8 Å². The molecule has 1 atom stereocenters. The number of nitrogens with one attached hydrogen (secondary N) is 2. The van der Waals surface area contributed by atoms with Crippen LogP contribution >= 0.6 is 0 Å². The van der Waals surface area contributed by atoms with E-state index in [2.05, 4.69) is 26.2 Å². The predicted octanol–water partition coefficient (Wildman–Crippen LogP) is 5.29. The first kappa shape index (κ1) is 21.1. The maximum Gasteiger partial charge on any atom is 0.264 e. The fourth-order valence-corrected chi connectivity index (χ4v) is 5.20. The third-order valence-electron chi connectivity index (χ3n) is 5.95. The second-order valence-corrected chi connectivity index (χ2v) is 9.93. The van der Waals surface area contributed by atoms with Gasteiger partial charge >= 0.3 is 0 Å². The van der Waals surface area contributed by atoms with E-state index < -0.39 is 10.0 Å². The van der Waals surface area contributed by atoms with E-state index >= 15 is 0 Å². The van der Waals surface area contributed by atoms with Crippen LogP contribution in [-0.2, 0) is 10.0 Å². The van der Waals surface area contributed by atoms with Crippen LogP contribution in [-0.4, -0.2) is 23.2 Å². The molecule has 1 aliphatic heterocycles. The molecule has 0 fully saturated rings. The molecule has 2 heterocycles. The molecule has 0 amide bonds. The Balaban J connectivity index is 1.37. The zero-order valence-corrected chi connectivity index (χ0v) is 19.4. The van der Waals surface area contributed by atoms with Gasteiger partial charge in [0.25, 0.3) is 16.0 Å². The summed E-state index contributed by atoms with van der Waals surface area (Å²) in [5, 5.41) is 9.63. The maximum atomic E-state index is 13.2. The van der Waals surface area contributed by atoms with E-state index in [1.807, 2.05) is 84.9 Å². The van der Waals surface area contributed by atoms with E-state index in [1.54, 1.807) is 22.9 Å². The minimum Gasteiger partial charge on any atom is -0.324 e. The van der Waals surface area contributed by atoms with Gasteiger partial charge in [0.1, 0.15) is 6.04 Å². The highest BCUT2D eigenvalue weighted by atomic mass is 32.2. The van der Waals surface area contributed by atoms with Gasteiger partial charge in [-0.2, -0.15) is 4.98 Å². The molecule has 0 saturated carbocycles. The molecule has 0 spiro atoms. The van der Waals surface area contributed by atoms with Crippen molar-refractivity contribution in [3.63, 3.8) is 0 Å². The summed E-state index contributed by atoms with van der Waals surface area (Å²) in [7, 11) is -3.89. The molecule has 8 heteroatoms. The Hall–Kier alpha value is -4.43. The number of anilines is 2. The summed E-state index contributed by atoms with van der Waals surface area (Å²) in [6.45, 7) is 0. The van der Waals surface area contributed by atoms with Crippen molar-refractivity contribution < 1.29 is 8.42 Å². The van der Waals surface area contributed by atoms with Crippen LogP contribution in [0.25, 0.3) is 16.5 Å². The van der Waals surface area contributed by atoms with Gasteiger partial charge in [0.05, 0.1) is 4.90 Å². The molecule has 1 unspecified atom stereocenters. The van der Waals surface area contributed by atoms with Gasteiger partial charge in [0.15, 0.2) is 0 Å². The number of sulfonamides is 1. The smallest absolute Gasteiger partial charge is 0.264 e. The number of rotatable bonds is 5. The van der Waals surface area contributed by atoms with Gasteiger partial charge in [-0.1, -0.05) is 91.0 Å². The fourth-order valence-electron chi connectivity index (χ4n) is 4.22. The molecule has 5 aromatic rings. The number of hydrogen-bond acceptors (Lipinski definition) is 5. The first-order valence-corrected chi connectivity index (χ1v) is 12.6. The van der Waals surface area contributed by atoms with Crippen molar-refractivity contribution in [2.75, 3.05) is 10.0 Å². The highest BCUT2D eigenvalue weighted by molar-refractivity contribution is 7.92. The van der Waals surface area contributed by atoms with Crippen LogP contribution in [0.5, 0.6) is 0 Å². The largest absolute Gasteiger partial charge is 0.324 e. The standard InChI is InChI=1S/C27H21N5O2S/c33-35(34,23-16-15-19-9-7-8-14-22(19)17-23)31-26-29-27-28-24(20-10-3-1-4-11-20)18-25(32(27)30-26)21-12-5-2-6-13-21/h1-18,25H,(H2,28,29,30,31). The summed E-state index contributed by atoms with van der Waals surface area (Å²) in [5.74, 6) is 0.459. The summed E-state index contributed by atoms with van der Waals surface area (Å²) < 4.78 is 30.6. The maximum absolute atomic E-state index is 13.2. The lowest BCUT2D eigenvalue weighted by atomic mass is 10.0. The first-order valence-electron chi connectivity index (χ1n) is 11.1. The summed E-state index contributed by atoms with van der Waals surface area (Å²) in [6, 6.07) is 32.2. The lowest BCUT2D eigenvalue weighted by Gasteiger charge is -2.24. The average molecular weight is 480 g/mol. The summed E-state index contributed by atoms with van der Waals surface area (Å²) in [5.41, 5.74) is 2.89. The molecule has 1 aliphatic rings. The van der Waals surface area contributed by atoms with Crippen LogP contribution in [0.2, 0.25) is 0 Å². The lowest BCUT2D eigenvalue weighted by Crippen LogP contribution is -2.20. The average Bonchev–Trinajstić information content (AvgIpc) is 3.30. The van der Waals surface area contributed by atoms with Crippen LogP contribution < -0.4 is 10.0 Å².